The molecule has 7 nitrogen and oxygen atoms in total. The van der Waals surface area contributed by atoms with Gasteiger partial charge >= 0.3 is 0 Å². The molecule has 0 atom stereocenters. The molecule has 0 saturated heterocycles. The van der Waals surface area contributed by atoms with Crippen molar-refractivity contribution in [3.63, 3.8) is 0 Å². The summed E-state index contributed by atoms with van der Waals surface area (Å²) in [6.45, 7) is 8.16. The number of hydrogen-bond acceptors (Lipinski definition) is 5. The predicted molar refractivity (Wildman–Crippen MR) is 100 cm³/mol. The number of anilines is 1. The molecule has 0 spiro atoms. The average molecular weight is 379 g/mol. The van der Waals surface area contributed by atoms with E-state index in [4.69, 9.17) is 4.52 Å². The minimum atomic E-state index is -3.42. The molecule has 0 unspecified atom stereocenters. The number of nitrogens with zero attached hydrogens (tertiary/aromatic N) is 1. The fraction of sp³-hybridized carbons (Fsp3) is 0.444. The molecule has 1 aromatic heterocycles. The second kappa shape index (κ2) is 8.46. The smallest absolute Gasteiger partial charge is 0.277 e. The van der Waals surface area contributed by atoms with Gasteiger partial charge in [0, 0.05) is 24.2 Å². The molecule has 0 bridgehead atoms. The highest BCUT2D eigenvalue weighted by Crippen LogP contribution is 2.17. The van der Waals surface area contributed by atoms with Crippen LogP contribution in [0.5, 0.6) is 0 Å². The lowest BCUT2D eigenvalue weighted by Gasteiger charge is -2.10. The molecule has 1 heterocycles. The van der Waals surface area contributed by atoms with Crippen LogP contribution in [0, 0.1) is 5.92 Å². The topological polar surface area (TPSA) is 101 Å². The maximum atomic E-state index is 12.3. The Bertz CT molecular complexity index is 857. The van der Waals surface area contributed by atoms with Gasteiger partial charge in [0.2, 0.25) is 10.0 Å². The fourth-order valence-corrected chi connectivity index (χ4v) is 3.47. The first-order valence-electron chi connectivity index (χ1n) is 8.50. The number of rotatable bonds is 8. The second-order valence-corrected chi connectivity index (χ2v) is 8.73. The maximum Gasteiger partial charge on any atom is 0.277 e. The molecule has 0 saturated carbocycles. The molecule has 26 heavy (non-hydrogen) atoms. The Hall–Kier alpha value is -2.19. The summed E-state index contributed by atoms with van der Waals surface area (Å²) in [6, 6.07) is 8.33. The van der Waals surface area contributed by atoms with E-state index < -0.39 is 15.9 Å². The first-order valence-corrected chi connectivity index (χ1v) is 10.2. The highest BCUT2D eigenvalue weighted by molar-refractivity contribution is 7.88. The summed E-state index contributed by atoms with van der Waals surface area (Å²) in [7, 11) is -3.42. The number of hydrogen-bond donors (Lipinski definition) is 2. The Balaban J connectivity index is 2.05. The second-order valence-electron chi connectivity index (χ2n) is 6.93. The molecule has 142 valence electrons. The highest BCUT2D eigenvalue weighted by Gasteiger charge is 2.16. The largest absolute Gasteiger partial charge is 0.360 e. The lowest BCUT2D eigenvalue weighted by atomic mass is 10.1. The predicted octanol–water partition coefficient (Wildman–Crippen LogP) is 3.13. The van der Waals surface area contributed by atoms with E-state index in [1.807, 2.05) is 27.7 Å². The Morgan fingerprint density at radius 3 is 2.54 bits per heavy atom. The van der Waals surface area contributed by atoms with E-state index in [1.165, 1.54) is 0 Å². The van der Waals surface area contributed by atoms with Crippen molar-refractivity contribution >= 4 is 21.6 Å². The van der Waals surface area contributed by atoms with Gasteiger partial charge in [-0.05, 0) is 23.6 Å². The van der Waals surface area contributed by atoms with Gasteiger partial charge in [-0.3, -0.25) is 4.79 Å². The number of carbonyl (C=O) groups excluding carboxylic acids is 1. The van der Waals surface area contributed by atoms with Gasteiger partial charge in [-0.25, -0.2) is 13.1 Å². The van der Waals surface area contributed by atoms with Crippen molar-refractivity contribution in [1.29, 1.82) is 0 Å². The van der Waals surface area contributed by atoms with Crippen LogP contribution in [0.1, 0.15) is 55.4 Å². The molecule has 1 amide bonds. The lowest BCUT2D eigenvalue weighted by Crippen LogP contribution is -2.28. The first-order chi connectivity index (χ1) is 12.2. The van der Waals surface area contributed by atoms with E-state index >= 15 is 0 Å². The lowest BCUT2D eigenvalue weighted by molar-refractivity contribution is 0.101. The van der Waals surface area contributed by atoms with E-state index in [9.17, 15) is 13.2 Å². The molecular weight excluding hydrogens is 354 g/mol. The van der Waals surface area contributed by atoms with Crippen LogP contribution in [0.15, 0.2) is 34.9 Å². The van der Waals surface area contributed by atoms with Gasteiger partial charge in [0.15, 0.2) is 5.69 Å². The molecule has 2 aromatic rings. The van der Waals surface area contributed by atoms with Crippen molar-refractivity contribution in [2.45, 2.75) is 39.4 Å². The number of aromatic nitrogens is 1. The normalized spacial score (nSPS) is 11.9. The Morgan fingerprint density at radius 1 is 1.19 bits per heavy atom. The van der Waals surface area contributed by atoms with Crippen LogP contribution < -0.4 is 10.0 Å². The Morgan fingerprint density at radius 2 is 1.92 bits per heavy atom. The van der Waals surface area contributed by atoms with Crippen LogP contribution >= 0.6 is 0 Å². The number of carbonyl (C=O) groups is 1. The molecule has 1 aromatic carbocycles. The summed E-state index contributed by atoms with van der Waals surface area (Å²) < 4.78 is 31.9. The summed E-state index contributed by atoms with van der Waals surface area (Å²) in [5, 5.41) is 6.47. The zero-order valence-electron chi connectivity index (χ0n) is 15.4. The van der Waals surface area contributed by atoms with Crippen molar-refractivity contribution in [1.82, 2.24) is 9.88 Å². The summed E-state index contributed by atoms with van der Waals surface area (Å²) in [5.74, 6) is 0.444. The van der Waals surface area contributed by atoms with Crippen molar-refractivity contribution in [2.75, 3.05) is 11.9 Å². The summed E-state index contributed by atoms with van der Waals surface area (Å²) in [5.41, 5.74) is 1.27. The van der Waals surface area contributed by atoms with E-state index in [2.05, 4.69) is 15.2 Å². The van der Waals surface area contributed by atoms with Gasteiger partial charge in [-0.2, -0.15) is 0 Å². The van der Waals surface area contributed by atoms with E-state index in [1.54, 1.807) is 30.3 Å². The SMILES string of the molecule is CC(C)CNS(=O)(=O)Cc1cccc(NC(=O)c2cc(C(C)C)on2)c1. The van der Waals surface area contributed by atoms with Crippen LogP contribution in [0.25, 0.3) is 0 Å². The van der Waals surface area contributed by atoms with Gasteiger partial charge in [0.25, 0.3) is 5.91 Å². The van der Waals surface area contributed by atoms with Gasteiger partial charge in [-0.15, -0.1) is 0 Å². The van der Waals surface area contributed by atoms with Crippen molar-refractivity contribution in [3.05, 3.63) is 47.3 Å². The van der Waals surface area contributed by atoms with Crippen LogP contribution in [0.3, 0.4) is 0 Å². The highest BCUT2D eigenvalue weighted by atomic mass is 32.2. The van der Waals surface area contributed by atoms with Crippen molar-refractivity contribution in [2.24, 2.45) is 5.92 Å². The third-order valence-corrected chi connectivity index (χ3v) is 4.90. The molecule has 0 aliphatic rings. The van der Waals surface area contributed by atoms with Gasteiger partial charge in [-0.1, -0.05) is 45.0 Å². The third-order valence-electron chi connectivity index (χ3n) is 3.58. The third kappa shape index (κ3) is 5.96. The average Bonchev–Trinajstić information content (AvgIpc) is 3.03. The van der Waals surface area contributed by atoms with E-state index in [0.717, 1.165) is 0 Å². The number of nitrogens with one attached hydrogen (secondary N) is 2. The summed E-state index contributed by atoms with van der Waals surface area (Å²) in [6.07, 6.45) is 0. The zero-order chi connectivity index (χ0) is 19.3. The minimum Gasteiger partial charge on any atom is -0.360 e. The zero-order valence-corrected chi connectivity index (χ0v) is 16.3. The maximum absolute atomic E-state index is 12.3. The fourth-order valence-electron chi connectivity index (χ4n) is 2.17. The van der Waals surface area contributed by atoms with Gasteiger partial charge in [0.1, 0.15) is 5.76 Å². The standard InChI is InChI=1S/C18H25N3O4S/c1-12(2)10-19-26(23,24)11-14-6-5-7-15(8-14)20-18(22)16-9-17(13(3)4)25-21-16/h5-9,12-13,19H,10-11H2,1-4H3,(H,20,22). The monoisotopic (exact) mass is 379 g/mol. The summed E-state index contributed by atoms with van der Waals surface area (Å²) in [4.78, 5) is 12.3. The number of benzene rings is 1. The summed E-state index contributed by atoms with van der Waals surface area (Å²) >= 11 is 0. The molecule has 8 heteroatoms. The van der Waals surface area contributed by atoms with E-state index in [0.29, 0.717) is 23.6 Å². The van der Waals surface area contributed by atoms with Gasteiger partial charge < -0.3 is 9.84 Å². The minimum absolute atomic E-state index is 0.135. The molecule has 0 fully saturated rings. The van der Waals surface area contributed by atoms with Crippen molar-refractivity contribution < 1.29 is 17.7 Å². The first kappa shape index (κ1) is 20.1. The Kier molecular flexibility index (Phi) is 6.55. The molecular formula is C18H25N3O4S. The van der Waals surface area contributed by atoms with Gasteiger partial charge in [0.05, 0.1) is 5.75 Å². The van der Waals surface area contributed by atoms with Crippen molar-refractivity contribution in [3.8, 4) is 0 Å². The molecule has 2 rings (SSSR count). The molecule has 0 aliphatic carbocycles. The Labute approximate surface area is 154 Å². The van der Waals surface area contributed by atoms with E-state index in [-0.39, 0.29) is 23.3 Å². The molecule has 0 aliphatic heterocycles. The molecule has 0 radical (unpaired) electrons. The van der Waals surface area contributed by atoms with Crippen LogP contribution in [0.4, 0.5) is 5.69 Å². The van der Waals surface area contributed by atoms with Crippen LogP contribution in [-0.2, 0) is 15.8 Å². The molecule has 2 N–H and O–H groups in total. The van der Waals surface area contributed by atoms with Crippen LogP contribution in [-0.4, -0.2) is 26.0 Å². The quantitative estimate of drug-likeness (QED) is 0.734. The number of amides is 1. The number of sulfonamides is 1. The van der Waals surface area contributed by atoms with Crippen LogP contribution in [0.2, 0.25) is 0 Å².